The van der Waals surface area contributed by atoms with Crippen molar-refractivity contribution in [2.24, 2.45) is 0 Å². The molecular formula is C21H20N4O2. The van der Waals surface area contributed by atoms with E-state index in [1.165, 1.54) is 0 Å². The van der Waals surface area contributed by atoms with Crippen LogP contribution in [-0.4, -0.2) is 51.2 Å². The molecule has 6 heteroatoms. The minimum Gasteiger partial charge on any atom is -0.336 e. The second-order valence-electron chi connectivity index (χ2n) is 6.72. The summed E-state index contributed by atoms with van der Waals surface area (Å²) >= 11 is 0. The van der Waals surface area contributed by atoms with E-state index in [1.54, 1.807) is 42.7 Å². The molecule has 3 heterocycles. The zero-order valence-corrected chi connectivity index (χ0v) is 15.1. The predicted molar refractivity (Wildman–Crippen MR) is 102 cm³/mol. The zero-order chi connectivity index (χ0) is 18.8. The van der Waals surface area contributed by atoms with E-state index >= 15 is 0 Å². The van der Waals surface area contributed by atoms with Gasteiger partial charge in [-0.2, -0.15) is 0 Å². The first kappa shape index (κ1) is 17.1. The van der Waals surface area contributed by atoms with Crippen LogP contribution >= 0.6 is 0 Å². The van der Waals surface area contributed by atoms with Gasteiger partial charge in [0, 0.05) is 44.1 Å². The summed E-state index contributed by atoms with van der Waals surface area (Å²) in [5.74, 6) is -0.193. The third kappa shape index (κ3) is 3.26. The molecule has 0 saturated carbocycles. The number of likely N-dealkylation sites (N-methyl/N-ethyl adjacent to an activating group) is 1. The van der Waals surface area contributed by atoms with Crippen LogP contribution in [0.5, 0.6) is 0 Å². The number of rotatable bonds is 4. The molecule has 1 aliphatic rings. The minimum absolute atomic E-state index is 0.00816. The van der Waals surface area contributed by atoms with Crippen molar-refractivity contribution in [3.05, 3.63) is 72.2 Å². The first-order valence-corrected chi connectivity index (χ1v) is 8.94. The molecule has 27 heavy (non-hydrogen) atoms. The van der Waals surface area contributed by atoms with Crippen LogP contribution in [0.25, 0.3) is 10.9 Å². The maximum atomic E-state index is 13.1. The Balaban J connectivity index is 1.53. The summed E-state index contributed by atoms with van der Waals surface area (Å²) in [5.41, 5.74) is 2.32. The van der Waals surface area contributed by atoms with Crippen molar-refractivity contribution in [1.82, 2.24) is 19.8 Å². The van der Waals surface area contributed by atoms with Gasteiger partial charge in [0.1, 0.15) is 6.04 Å². The van der Waals surface area contributed by atoms with Crippen molar-refractivity contribution < 1.29 is 9.59 Å². The highest BCUT2D eigenvalue weighted by molar-refractivity contribution is 6.07. The Hall–Kier alpha value is -3.28. The molecule has 0 N–H and O–H groups in total. The van der Waals surface area contributed by atoms with Gasteiger partial charge in [0.05, 0.1) is 11.1 Å². The second-order valence-corrected chi connectivity index (χ2v) is 6.72. The third-order valence-corrected chi connectivity index (χ3v) is 5.05. The molecule has 3 aromatic rings. The van der Waals surface area contributed by atoms with Gasteiger partial charge >= 0.3 is 0 Å². The van der Waals surface area contributed by atoms with Gasteiger partial charge in [0.2, 0.25) is 5.91 Å². The predicted octanol–water partition coefficient (Wildman–Crippen LogP) is 2.50. The Kier molecular flexibility index (Phi) is 4.54. The highest BCUT2D eigenvalue weighted by Gasteiger charge is 2.36. The van der Waals surface area contributed by atoms with Crippen LogP contribution in [0.2, 0.25) is 0 Å². The summed E-state index contributed by atoms with van der Waals surface area (Å²) in [7, 11) is 1.69. The summed E-state index contributed by atoms with van der Waals surface area (Å²) in [6.45, 7) is 1.22. The van der Waals surface area contributed by atoms with E-state index in [4.69, 9.17) is 0 Å². The first-order chi connectivity index (χ1) is 13.1. The number of nitrogens with zero attached hydrogens (tertiary/aromatic N) is 4. The van der Waals surface area contributed by atoms with Crippen molar-refractivity contribution in [2.75, 3.05) is 13.6 Å². The Bertz CT molecular complexity index is 984. The minimum atomic E-state index is -0.443. The summed E-state index contributed by atoms with van der Waals surface area (Å²) in [4.78, 5) is 37.6. The lowest BCUT2D eigenvalue weighted by atomic mass is 10.1. The normalized spacial score (nSPS) is 16.7. The van der Waals surface area contributed by atoms with E-state index in [0.717, 1.165) is 5.56 Å². The van der Waals surface area contributed by atoms with Crippen LogP contribution in [0.4, 0.5) is 0 Å². The molecule has 1 unspecified atom stereocenters. The first-order valence-electron chi connectivity index (χ1n) is 8.94. The van der Waals surface area contributed by atoms with Crippen molar-refractivity contribution in [1.29, 1.82) is 0 Å². The smallest absolute Gasteiger partial charge is 0.255 e. The lowest BCUT2D eigenvalue weighted by molar-refractivity contribution is -0.131. The summed E-state index contributed by atoms with van der Waals surface area (Å²) in [6, 6.07) is 12.9. The molecular weight excluding hydrogens is 340 g/mol. The molecule has 0 bridgehead atoms. The van der Waals surface area contributed by atoms with Gasteiger partial charge in [-0.1, -0.05) is 30.3 Å². The monoisotopic (exact) mass is 360 g/mol. The van der Waals surface area contributed by atoms with Gasteiger partial charge in [-0.15, -0.1) is 0 Å². The second kappa shape index (κ2) is 7.15. The standard InChI is InChI=1S/C21H20N4O2/c1-24(20(26)16-7-11-23-18-8-10-22-13-17(16)18)19-9-12-25(21(19)27)14-15-5-3-2-4-6-15/h2-8,10-11,13,19H,9,12,14H2,1H3. The fraction of sp³-hybridized carbons (Fsp3) is 0.238. The lowest BCUT2D eigenvalue weighted by Crippen LogP contribution is -2.42. The van der Waals surface area contributed by atoms with Crippen LogP contribution in [0.15, 0.2) is 61.1 Å². The van der Waals surface area contributed by atoms with Crippen molar-refractivity contribution in [3.8, 4) is 0 Å². The molecule has 0 spiro atoms. The maximum Gasteiger partial charge on any atom is 0.255 e. The van der Waals surface area contributed by atoms with Gasteiger partial charge in [-0.3, -0.25) is 19.6 Å². The summed E-state index contributed by atoms with van der Waals surface area (Å²) in [6.07, 6.45) is 5.54. The highest BCUT2D eigenvalue weighted by Crippen LogP contribution is 2.23. The zero-order valence-electron chi connectivity index (χ0n) is 15.1. The molecule has 0 aliphatic carbocycles. The Morgan fingerprint density at radius 3 is 2.81 bits per heavy atom. The van der Waals surface area contributed by atoms with Crippen LogP contribution in [0.3, 0.4) is 0 Å². The highest BCUT2D eigenvalue weighted by atomic mass is 16.2. The molecule has 1 fully saturated rings. The van der Waals surface area contributed by atoms with Crippen molar-refractivity contribution in [2.45, 2.75) is 19.0 Å². The Morgan fingerprint density at radius 2 is 2.00 bits per heavy atom. The number of aromatic nitrogens is 2. The van der Waals surface area contributed by atoms with E-state index in [0.29, 0.717) is 36.0 Å². The number of fused-ring (bicyclic) bond motifs is 1. The van der Waals surface area contributed by atoms with Gasteiger partial charge in [0.25, 0.3) is 5.91 Å². The number of carbonyl (C=O) groups is 2. The number of benzene rings is 1. The number of likely N-dealkylation sites (tertiary alicyclic amines) is 1. The van der Waals surface area contributed by atoms with Crippen LogP contribution in [0.1, 0.15) is 22.3 Å². The van der Waals surface area contributed by atoms with Gasteiger partial charge < -0.3 is 9.80 Å². The van der Waals surface area contributed by atoms with E-state index in [-0.39, 0.29) is 11.8 Å². The molecule has 1 aliphatic heterocycles. The lowest BCUT2D eigenvalue weighted by Gasteiger charge is -2.24. The molecule has 0 radical (unpaired) electrons. The number of pyridine rings is 2. The van der Waals surface area contributed by atoms with Crippen LogP contribution in [-0.2, 0) is 11.3 Å². The molecule has 136 valence electrons. The quantitative estimate of drug-likeness (QED) is 0.717. The largest absolute Gasteiger partial charge is 0.336 e. The molecule has 6 nitrogen and oxygen atoms in total. The average molecular weight is 360 g/mol. The molecule has 1 atom stereocenters. The SMILES string of the molecule is CN(C(=O)c1ccnc2ccncc12)C1CCN(Cc2ccccc2)C1=O. The topological polar surface area (TPSA) is 66.4 Å². The van der Waals surface area contributed by atoms with Crippen molar-refractivity contribution in [3.63, 3.8) is 0 Å². The van der Waals surface area contributed by atoms with Crippen molar-refractivity contribution >= 4 is 22.7 Å². The molecule has 2 amide bonds. The number of carbonyl (C=O) groups excluding carboxylic acids is 2. The molecule has 4 rings (SSSR count). The summed E-state index contributed by atoms with van der Waals surface area (Å²) in [5, 5.41) is 0.698. The van der Waals surface area contributed by atoms with Gasteiger partial charge in [-0.05, 0) is 24.1 Å². The summed E-state index contributed by atoms with van der Waals surface area (Å²) < 4.78 is 0. The van der Waals surface area contributed by atoms with E-state index < -0.39 is 6.04 Å². The Morgan fingerprint density at radius 1 is 1.19 bits per heavy atom. The Labute approximate surface area is 157 Å². The van der Waals surface area contributed by atoms with E-state index in [9.17, 15) is 9.59 Å². The number of amides is 2. The van der Waals surface area contributed by atoms with E-state index in [2.05, 4.69) is 9.97 Å². The molecule has 2 aromatic heterocycles. The fourth-order valence-electron chi connectivity index (χ4n) is 3.55. The van der Waals surface area contributed by atoms with Crippen LogP contribution in [0, 0.1) is 0 Å². The number of hydrogen-bond acceptors (Lipinski definition) is 4. The fourth-order valence-corrected chi connectivity index (χ4v) is 3.55. The van der Waals surface area contributed by atoms with E-state index in [1.807, 2.05) is 35.2 Å². The molecule has 1 saturated heterocycles. The van der Waals surface area contributed by atoms with Gasteiger partial charge in [0.15, 0.2) is 0 Å². The van der Waals surface area contributed by atoms with Crippen LogP contribution < -0.4 is 0 Å². The molecule has 1 aromatic carbocycles. The van der Waals surface area contributed by atoms with Gasteiger partial charge in [-0.25, -0.2) is 0 Å². The average Bonchev–Trinajstić information content (AvgIpc) is 3.07. The number of hydrogen-bond donors (Lipinski definition) is 0. The maximum absolute atomic E-state index is 13.1. The third-order valence-electron chi connectivity index (χ3n) is 5.05.